The number of nitrogens with one attached hydrogen (secondary N) is 1. The van der Waals surface area contributed by atoms with Crippen LogP contribution in [0.15, 0.2) is 71.1 Å². The van der Waals surface area contributed by atoms with Gasteiger partial charge in [0.15, 0.2) is 0 Å². The summed E-state index contributed by atoms with van der Waals surface area (Å²) in [6, 6.07) is 17.9. The molecular formula is C21H13ClN2O3S2. The van der Waals surface area contributed by atoms with Crippen LogP contribution in [0.25, 0.3) is 10.1 Å². The zero-order chi connectivity index (χ0) is 20.2. The second-order valence-corrected chi connectivity index (χ2v) is 8.26. The summed E-state index contributed by atoms with van der Waals surface area (Å²) in [5.74, 6) is -0.438. The highest BCUT2D eigenvalue weighted by molar-refractivity contribution is 7.21. The van der Waals surface area contributed by atoms with E-state index in [0.29, 0.717) is 26.1 Å². The van der Waals surface area contributed by atoms with Gasteiger partial charge in [-0.05, 0) is 35.2 Å². The number of halogens is 1. The number of fused-ring (bicyclic) bond motifs is 1. The molecule has 0 fully saturated rings. The number of thiophene rings is 2. The molecule has 2 heterocycles. The van der Waals surface area contributed by atoms with Gasteiger partial charge >= 0.3 is 5.97 Å². The van der Waals surface area contributed by atoms with E-state index in [1.807, 2.05) is 29.6 Å². The number of hydrazone groups is 1. The summed E-state index contributed by atoms with van der Waals surface area (Å²) in [5.41, 5.74) is 3.13. The molecule has 2 aromatic heterocycles. The quantitative estimate of drug-likeness (QED) is 0.190. The van der Waals surface area contributed by atoms with Gasteiger partial charge < -0.3 is 4.74 Å². The highest BCUT2D eigenvalue weighted by Crippen LogP contribution is 2.35. The molecule has 0 bridgehead atoms. The molecule has 0 saturated carbocycles. The van der Waals surface area contributed by atoms with Crippen LogP contribution in [0, 0.1) is 0 Å². The third-order valence-corrected chi connectivity index (χ3v) is 6.44. The van der Waals surface area contributed by atoms with Crippen LogP contribution in [0.2, 0.25) is 5.02 Å². The Morgan fingerprint density at radius 1 is 1.07 bits per heavy atom. The molecule has 0 radical (unpaired) electrons. The molecule has 1 amide bonds. The zero-order valence-electron chi connectivity index (χ0n) is 14.8. The Bertz CT molecular complexity index is 1220. The van der Waals surface area contributed by atoms with Gasteiger partial charge in [-0.15, -0.1) is 22.7 Å². The third-order valence-electron chi connectivity index (χ3n) is 3.91. The minimum absolute atomic E-state index is 0.279. The van der Waals surface area contributed by atoms with Gasteiger partial charge in [0.25, 0.3) is 5.91 Å². The number of ether oxygens (including phenoxy) is 1. The normalized spacial score (nSPS) is 11.1. The molecule has 2 aromatic carbocycles. The number of nitrogens with zero attached hydrogens (tertiary/aromatic N) is 1. The number of esters is 1. The Morgan fingerprint density at radius 2 is 1.93 bits per heavy atom. The van der Waals surface area contributed by atoms with Crippen molar-refractivity contribution in [1.29, 1.82) is 0 Å². The Morgan fingerprint density at radius 3 is 2.72 bits per heavy atom. The Hall–Kier alpha value is -3.00. The average Bonchev–Trinajstić information content (AvgIpc) is 3.37. The lowest BCUT2D eigenvalue weighted by atomic mass is 10.2. The molecule has 144 valence electrons. The van der Waals surface area contributed by atoms with Crippen molar-refractivity contribution in [3.8, 4) is 5.75 Å². The highest BCUT2D eigenvalue weighted by atomic mass is 35.5. The molecule has 0 spiro atoms. The monoisotopic (exact) mass is 440 g/mol. The minimum atomic E-state index is -0.517. The molecule has 8 heteroatoms. The number of hydrogen-bond donors (Lipinski definition) is 1. The molecule has 0 aliphatic carbocycles. The molecule has 1 N–H and O–H groups in total. The van der Waals surface area contributed by atoms with Crippen LogP contribution in [0.5, 0.6) is 5.75 Å². The Kier molecular flexibility index (Phi) is 5.71. The van der Waals surface area contributed by atoms with Crippen LogP contribution in [0.4, 0.5) is 0 Å². The summed E-state index contributed by atoms with van der Waals surface area (Å²) in [5, 5.41) is 6.98. The molecule has 29 heavy (non-hydrogen) atoms. The number of carbonyl (C=O) groups is 2. The number of rotatable bonds is 5. The number of carbonyl (C=O) groups excluding carboxylic acids is 2. The molecule has 0 aliphatic rings. The molecule has 0 saturated heterocycles. The van der Waals surface area contributed by atoms with Crippen molar-refractivity contribution >= 4 is 62.5 Å². The number of hydrogen-bond acceptors (Lipinski definition) is 6. The lowest BCUT2D eigenvalue weighted by Gasteiger charge is -2.04. The molecule has 5 nitrogen and oxygen atoms in total. The van der Waals surface area contributed by atoms with Crippen molar-refractivity contribution in [1.82, 2.24) is 5.43 Å². The fraction of sp³-hybridized carbons (Fsp3) is 0. The van der Waals surface area contributed by atoms with E-state index in [1.54, 1.807) is 36.4 Å². The summed E-state index contributed by atoms with van der Waals surface area (Å²) in [4.78, 5) is 25.4. The van der Waals surface area contributed by atoms with Gasteiger partial charge in [-0.1, -0.05) is 48.0 Å². The molecule has 0 atom stereocenters. The highest BCUT2D eigenvalue weighted by Gasteiger charge is 2.19. The van der Waals surface area contributed by atoms with Gasteiger partial charge in [0.2, 0.25) is 0 Å². The van der Waals surface area contributed by atoms with Gasteiger partial charge in [-0.3, -0.25) is 4.79 Å². The van der Waals surface area contributed by atoms with E-state index in [-0.39, 0.29) is 5.91 Å². The van der Waals surface area contributed by atoms with Crippen molar-refractivity contribution in [2.45, 2.75) is 0 Å². The Balaban J connectivity index is 1.45. The van der Waals surface area contributed by atoms with Crippen LogP contribution >= 0.6 is 34.3 Å². The van der Waals surface area contributed by atoms with Crippen molar-refractivity contribution in [2.75, 3.05) is 0 Å². The number of amides is 1. The van der Waals surface area contributed by atoms with E-state index in [9.17, 15) is 9.59 Å². The standard InChI is InChI=1S/C21H13ClN2O3S2/c22-18-15-7-1-2-8-16(15)29-19(18)21(26)27-14-6-3-5-13(11-14)12-23-24-20(25)17-9-4-10-28-17/h1-12H,(H,24,25)/b23-12-. The van der Waals surface area contributed by atoms with E-state index >= 15 is 0 Å². The maximum absolute atomic E-state index is 12.6. The van der Waals surface area contributed by atoms with E-state index in [0.717, 1.165) is 10.1 Å². The third kappa shape index (κ3) is 4.37. The summed E-state index contributed by atoms with van der Waals surface area (Å²) in [6.45, 7) is 0. The van der Waals surface area contributed by atoms with Gasteiger partial charge in [-0.25, -0.2) is 10.2 Å². The maximum Gasteiger partial charge on any atom is 0.355 e. The summed E-state index contributed by atoms with van der Waals surface area (Å²) in [6.07, 6.45) is 1.48. The van der Waals surface area contributed by atoms with Gasteiger partial charge in [0.1, 0.15) is 10.6 Å². The smallest absolute Gasteiger partial charge is 0.355 e. The van der Waals surface area contributed by atoms with Crippen LogP contribution in [-0.2, 0) is 0 Å². The SMILES string of the molecule is O=C(N/N=C\c1cccc(OC(=O)c2sc3ccccc3c2Cl)c1)c1cccs1. The Labute approximate surface area is 179 Å². The summed E-state index contributed by atoms with van der Waals surface area (Å²) in [7, 11) is 0. The van der Waals surface area contributed by atoms with Crippen LogP contribution in [0.1, 0.15) is 24.9 Å². The van der Waals surface area contributed by atoms with Crippen molar-refractivity contribution < 1.29 is 14.3 Å². The largest absolute Gasteiger partial charge is 0.422 e. The molecule has 4 rings (SSSR count). The van der Waals surface area contributed by atoms with E-state index in [4.69, 9.17) is 16.3 Å². The lowest BCUT2D eigenvalue weighted by molar-refractivity contribution is 0.0740. The zero-order valence-corrected chi connectivity index (χ0v) is 17.2. The fourth-order valence-electron chi connectivity index (χ4n) is 2.59. The summed E-state index contributed by atoms with van der Waals surface area (Å²) >= 11 is 8.96. The van der Waals surface area contributed by atoms with E-state index < -0.39 is 5.97 Å². The average molecular weight is 441 g/mol. The molecular weight excluding hydrogens is 428 g/mol. The van der Waals surface area contributed by atoms with Crippen molar-refractivity contribution in [3.05, 3.63) is 86.4 Å². The van der Waals surface area contributed by atoms with Crippen LogP contribution in [0.3, 0.4) is 0 Å². The number of benzene rings is 2. The second kappa shape index (κ2) is 8.57. The van der Waals surface area contributed by atoms with Crippen LogP contribution < -0.4 is 10.2 Å². The first-order valence-corrected chi connectivity index (χ1v) is 10.6. The maximum atomic E-state index is 12.6. The second-order valence-electron chi connectivity index (χ2n) is 5.88. The molecule has 4 aromatic rings. The van der Waals surface area contributed by atoms with Crippen molar-refractivity contribution in [2.24, 2.45) is 5.10 Å². The van der Waals surface area contributed by atoms with E-state index in [1.165, 1.54) is 28.9 Å². The van der Waals surface area contributed by atoms with Gasteiger partial charge in [0.05, 0.1) is 16.1 Å². The first-order valence-electron chi connectivity index (χ1n) is 8.48. The lowest BCUT2D eigenvalue weighted by Crippen LogP contribution is -2.16. The van der Waals surface area contributed by atoms with Crippen LogP contribution in [-0.4, -0.2) is 18.1 Å². The molecule has 0 aliphatic heterocycles. The van der Waals surface area contributed by atoms with E-state index in [2.05, 4.69) is 10.5 Å². The minimum Gasteiger partial charge on any atom is -0.422 e. The van der Waals surface area contributed by atoms with Crippen molar-refractivity contribution in [3.63, 3.8) is 0 Å². The molecule has 0 unspecified atom stereocenters. The predicted octanol–water partition coefficient (Wildman–Crippen LogP) is 5.60. The van der Waals surface area contributed by atoms with Gasteiger partial charge in [-0.2, -0.15) is 5.10 Å². The summed E-state index contributed by atoms with van der Waals surface area (Å²) < 4.78 is 6.40. The first-order chi connectivity index (χ1) is 14.1. The first kappa shape index (κ1) is 19.3. The van der Waals surface area contributed by atoms with Gasteiger partial charge in [0, 0.05) is 10.1 Å². The predicted molar refractivity (Wildman–Crippen MR) is 118 cm³/mol. The fourth-order valence-corrected chi connectivity index (χ4v) is 4.58. The topological polar surface area (TPSA) is 67.8 Å².